The maximum Gasteiger partial charge on any atom is 0.127 e. The van der Waals surface area contributed by atoms with Crippen molar-refractivity contribution in [3.63, 3.8) is 0 Å². The summed E-state index contributed by atoms with van der Waals surface area (Å²) in [4.78, 5) is 4.72. The Balaban J connectivity index is 1.75. The minimum atomic E-state index is -0.253. The van der Waals surface area contributed by atoms with E-state index in [1.165, 1.54) is 12.1 Å². The molecule has 146 valence electrons. The highest BCUT2D eigenvalue weighted by molar-refractivity contribution is 5.85. The fourth-order valence-electron chi connectivity index (χ4n) is 3.50. The molecule has 1 aromatic heterocycles. The molecule has 3 aromatic carbocycles. The van der Waals surface area contributed by atoms with Crippen molar-refractivity contribution in [2.24, 2.45) is 0 Å². The van der Waals surface area contributed by atoms with E-state index in [0.717, 1.165) is 50.3 Å². The highest BCUT2D eigenvalue weighted by Gasteiger charge is 2.11. The smallest absolute Gasteiger partial charge is 0.127 e. The summed E-state index contributed by atoms with van der Waals surface area (Å²) in [5.74, 6) is 1.36. The third-order valence-corrected chi connectivity index (χ3v) is 4.95. The van der Waals surface area contributed by atoms with Crippen molar-refractivity contribution in [3.8, 4) is 33.9 Å². The van der Waals surface area contributed by atoms with Crippen LogP contribution in [0.15, 0.2) is 66.7 Å². The van der Waals surface area contributed by atoms with Gasteiger partial charge in [0.15, 0.2) is 0 Å². The van der Waals surface area contributed by atoms with Gasteiger partial charge in [-0.25, -0.2) is 9.37 Å². The number of hydrogen-bond donors (Lipinski definition) is 0. The van der Waals surface area contributed by atoms with Gasteiger partial charge in [-0.3, -0.25) is 0 Å². The number of fused-ring (bicyclic) bond motifs is 1. The van der Waals surface area contributed by atoms with Gasteiger partial charge in [0.05, 0.1) is 24.9 Å². The van der Waals surface area contributed by atoms with Crippen LogP contribution >= 0.6 is 0 Å². The van der Waals surface area contributed by atoms with E-state index in [0.29, 0.717) is 6.61 Å². The van der Waals surface area contributed by atoms with Gasteiger partial charge < -0.3 is 9.47 Å². The number of benzene rings is 3. The monoisotopic (exact) mass is 387 g/mol. The van der Waals surface area contributed by atoms with Gasteiger partial charge in [-0.15, -0.1) is 0 Å². The Hall–Kier alpha value is -3.40. The summed E-state index contributed by atoms with van der Waals surface area (Å²) in [5.41, 5.74) is 5.59. The Bertz CT molecular complexity index is 1170. The van der Waals surface area contributed by atoms with Crippen molar-refractivity contribution in [1.82, 2.24) is 4.98 Å². The van der Waals surface area contributed by atoms with Crippen LogP contribution in [0.5, 0.6) is 11.5 Å². The van der Waals surface area contributed by atoms with Gasteiger partial charge in [0.25, 0.3) is 0 Å². The predicted molar refractivity (Wildman–Crippen MR) is 115 cm³/mol. The molecule has 0 amide bonds. The normalized spacial score (nSPS) is 10.9. The molecule has 0 unspecified atom stereocenters. The second-order valence-corrected chi connectivity index (χ2v) is 6.86. The number of methoxy groups -OCH3 is 1. The molecule has 0 atom stereocenters. The van der Waals surface area contributed by atoms with E-state index < -0.39 is 0 Å². The zero-order chi connectivity index (χ0) is 20.4. The van der Waals surface area contributed by atoms with Gasteiger partial charge in [0.1, 0.15) is 17.3 Å². The summed E-state index contributed by atoms with van der Waals surface area (Å²) in [6.45, 7) is 4.58. The maximum atomic E-state index is 13.6. The number of pyridine rings is 1. The Morgan fingerprint density at radius 3 is 2.38 bits per heavy atom. The Labute approximate surface area is 169 Å². The molecule has 0 radical (unpaired) electrons. The molecular weight excluding hydrogens is 365 g/mol. The van der Waals surface area contributed by atoms with Crippen LogP contribution < -0.4 is 9.47 Å². The average molecular weight is 387 g/mol. The van der Waals surface area contributed by atoms with E-state index in [4.69, 9.17) is 14.5 Å². The fourth-order valence-corrected chi connectivity index (χ4v) is 3.50. The van der Waals surface area contributed by atoms with Gasteiger partial charge in [-0.2, -0.15) is 0 Å². The summed E-state index contributed by atoms with van der Waals surface area (Å²) in [6.07, 6.45) is 0. The largest absolute Gasteiger partial charge is 0.496 e. The Morgan fingerprint density at radius 2 is 1.66 bits per heavy atom. The van der Waals surface area contributed by atoms with Crippen LogP contribution in [-0.2, 0) is 0 Å². The van der Waals surface area contributed by atoms with E-state index in [1.807, 2.05) is 62.4 Å². The minimum absolute atomic E-state index is 0.253. The minimum Gasteiger partial charge on any atom is -0.496 e. The molecule has 0 fully saturated rings. The number of aromatic nitrogens is 1. The van der Waals surface area contributed by atoms with Gasteiger partial charge in [-0.1, -0.05) is 18.2 Å². The number of aryl methyl sites for hydroxylation is 1. The van der Waals surface area contributed by atoms with E-state index >= 15 is 0 Å². The average Bonchev–Trinajstić information content (AvgIpc) is 2.74. The molecule has 0 spiro atoms. The van der Waals surface area contributed by atoms with Gasteiger partial charge in [0, 0.05) is 16.5 Å². The van der Waals surface area contributed by atoms with Crippen LogP contribution in [0.3, 0.4) is 0 Å². The molecule has 3 nitrogen and oxygen atoms in total. The molecular formula is C25H22FNO2. The van der Waals surface area contributed by atoms with Crippen LogP contribution in [0, 0.1) is 12.7 Å². The van der Waals surface area contributed by atoms with E-state index in [9.17, 15) is 4.39 Å². The molecule has 4 aromatic rings. The fraction of sp³-hybridized carbons (Fsp3) is 0.160. The molecule has 0 aliphatic carbocycles. The third-order valence-electron chi connectivity index (χ3n) is 4.95. The summed E-state index contributed by atoms with van der Waals surface area (Å²) in [6, 6.07) is 20.7. The van der Waals surface area contributed by atoms with Gasteiger partial charge in [-0.05, 0) is 73.5 Å². The molecule has 4 rings (SSSR count). The first-order valence-electron chi connectivity index (χ1n) is 9.57. The Kier molecular flexibility index (Phi) is 5.17. The first kappa shape index (κ1) is 18.9. The molecule has 0 saturated heterocycles. The summed E-state index contributed by atoms with van der Waals surface area (Å²) in [5, 5.41) is 0.826. The lowest BCUT2D eigenvalue weighted by atomic mass is 9.99. The lowest BCUT2D eigenvalue weighted by Gasteiger charge is -2.13. The van der Waals surface area contributed by atoms with E-state index in [-0.39, 0.29) is 5.82 Å². The van der Waals surface area contributed by atoms with Crippen LogP contribution in [0.25, 0.3) is 33.3 Å². The van der Waals surface area contributed by atoms with Crippen molar-refractivity contribution in [2.45, 2.75) is 13.8 Å². The third kappa shape index (κ3) is 3.79. The highest BCUT2D eigenvalue weighted by Crippen LogP contribution is 2.35. The topological polar surface area (TPSA) is 31.4 Å². The number of ether oxygens (including phenoxy) is 2. The lowest BCUT2D eigenvalue weighted by Crippen LogP contribution is -1.93. The highest BCUT2D eigenvalue weighted by atomic mass is 19.1. The summed E-state index contributed by atoms with van der Waals surface area (Å²) in [7, 11) is 1.67. The number of nitrogens with zero attached hydrogens (tertiary/aromatic N) is 1. The number of hydrogen-bond acceptors (Lipinski definition) is 3. The maximum absolute atomic E-state index is 13.6. The molecule has 0 aliphatic heterocycles. The SMILES string of the molecule is CCOc1ccc(-c2ccc(-c3cc(C)c4cc(F)ccc4n3)cc2OC)cc1. The van der Waals surface area contributed by atoms with Crippen molar-refractivity contribution in [2.75, 3.05) is 13.7 Å². The van der Waals surface area contributed by atoms with Crippen molar-refractivity contribution < 1.29 is 13.9 Å². The quantitative estimate of drug-likeness (QED) is 0.396. The van der Waals surface area contributed by atoms with Crippen LogP contribution in [0.2, 0.25) is 0 Å². The van der Waals surface area contributed by atoms with Crippen LogP contribution in [0.4, 0.5) is 4.39 Å². The summed E-state index contributed by atoms with van der Waals surface area (Å²) < 4.78 is 24.7. The van der Waals surface area contributed by atoms with Crippen molar-refractivity contribution in [1.29, 1.82) is 0 Å². The number of rotatable bonds is 5. The first-order valence-corrected chi connectivity index (χ1v) is 9.57. The zero-order valence-electron chi connectivity index (χ0n) is 16.7. The predicted octanol–water partition coefficient (Wildman–Crippen LogP) is 6.42. The van der Waals surface area contributed by atoms with Crippen molar-refractivity contribution >= 4 is 10.9 Å². The molecule has 0 N–H and O–H groups in total. The lowest BCUT2D eigenvalue weighted by molar-refractivity contribution is 0.340. The summed E-state index contributed by atoms with van der Waals surface area (Å²) >= 11 is 0. The van der Waals surface area contributed by atoms with Gasteiger partial charge >= 0.3 is 0 Å². The first-order chi connectivity index (χ1) is 14.1. The standard InChI is InChI=1S/C25H22FNO2/c1-4-29-20-9-5-17(6-10-20)21-11-7-18(14-25(21)28-3)24-13-16(2)22-15-19(26)8-12-23(22)27-24/h5-15H,4H2,1-3H3. The second-order valence-electron chi connectivity index (χ2n) is 6.86. The van der Waals surface area contributed by atoms with Crippen LogP contribution in [-0.4, -0.2) is 18.7 Å². The second kappa shape index (κ2) is 7.92. The Morgan fingerprint density at radius 1 is 0.897 bits per heavy atom. The van der Waals surface area contributed by atoms with Crippen LogP contribution in [0.1, 0.15) is 12.5 Å². The van der Waals surface area contributed by atoms with E-state index in [1.54, 1.807) is 13.2 Å². The van der Waals surface area contributed by atoms with Crippen molar-refractivity contribution in [3.05, 3.63) is 78.1 Å². The molecule has 29 heavy (non-hydrogen) atoms. The molecule has 0 saturated carbocycles. The molecule has 1 heterocycles. The molecule has 4 heteroatoms. The van der Waals surface area contributed by atoms with Gasteiger partial charge in [0.2, 0.25) is 0 Å². The number of halogens is 1. The molecule has 0 aliphatic rings. The molecule has 0 bridgehead atoms. The van der Waals surface area contributed by atoms with E-state index in [2.05, 4.69) is 0 Å². The zero-order valence-corrected chi connectivity index (χ0v) is 16.7.